The second kappa shape index (κ2) is 11.9. The van der Waals surface area contributed by atoms with E-state index in [9.17, 15) is 18.4 Å². The molecule has 3 N–H and O–H groups in total. The van der Waals surface area contributed by atoms with Crippen molar-refractivity contribution in [3.63, 3.8) is 0 Å². The number of aromatic nitrogens is 1. The lowest BCUT2D eigenvalue weighted by molar-refractivity contribution is -0.116. The van der Waals surface area contributed by atoms with Gasteiger partial charge in [-0.05, 0) is 84.5 Å². The summed E-state index contributed by atoms with van der Waals surface area (Å²) in [6, 6.07) is 16.4. The van der Waals surface area contributed by atoms with E-state index in [1.165, 1.54) is 11.0 Å². The lowest BCUT2D eigenvalue weighted by atomic mass is 9.96. The van der Waals surface area contributed by atoms with E-state index in [1.807, 2.05) is 30.3 Å². The molecule has 2 amide bonds. The third kappa shape index (κ3) is 6.69. The summed E-state index contributed by atoms with van der Waals surface area (Å²) in [4.78, 5) is 30.8. The van der Waals surface area contributed by atoms with Crippen molar-refractivity contribution in [2.24, 2.45) is 0 Å². The molecular weight excluding hydrogens is 554 g/mol. The number of ether oxygens (including phenoxy) is 1. The number of hydrogen-bond acceptors (Lipinski definition) is 6. The molecule has 222 valence electrons. The van der Waals surface area contributed by atoms with Crippen LogP contribution in [0.4, 0.5) is 14.6 Å². The molecule has 43 heavy (non-hydrogen) atoms. The van der Waals surface area contributed by atoms with Crippen LogP contribution in [-0.2, 0) is 11.3 Å². The van der Waals surface area contributed by atoms with Crippen LogP contribution in [0.3, 0.4) is 0 Å². The van der Waals surface area contributed by atoms with Gasteiger partial charge in [0.25, 0.3) is 11.8 Å². The summed E-state index contributed by atoms with van der Waals surface area (Å²) in [5.74, 6) is -1.61. The normalized spacial score (nSPS) is 16.7. The van der Waals surface area contributed by atoms with Gasteiger partial charge in [0.05, 0.1) is 12.6 Å². The number of nitrogens with one attached hydrogen (secondary N) is 1. The highest BCUT2D eigenvalue weighted by molar-refractivity contribution is 5.95. The number of nitrogens with two attached hydrogens (primary N) is 1. The molecule has 1 saturated carbocycles. The zero-order valence-electron chi connectivity index (χ0n) is 23.5. The van der Waals surface area contributed by atoms with Crippen molar-refractivity contribution in [3.05, 3.63) is 83.8 Å². The van der Waals surface area contributed by atoms with Gasteiger partial charge >= 0.3 is 0 Å². The molecule has 3 heterocycles. The number of carbonyl (C=O) groups excluding carboxylic acids is 2. The number of likely N-dealkylation sites (tertiary alicyclic amines) is 1. The van der Waals surface area contributed by atoms with Gasteiger partial charge in [-0.3, -0.25) is 9.59 Å². The molecule has 0 spiro atoms. The molecule has 2 aliphatic rings. The Balaban J connectivity index is 1.18. The smallest absolute Gasteiger partial charge is 0.253 e. The first-order chi connectivity index (χ1) is 20.7. The molecule has 2 aromatic carbocycles. The number of amides is 2. The molecule has 4 aromatic rings. The number of pyridine rings is 1. The molecule has 2 fully saturated rings. The SMILES string of the molecule is Nc1ccc(/C=C/C(=O)NCc2cc3cc(-c4ccc(C(=O)N5CCC(F)(F)CC5)cc4)cc(OC4CCC4)c3o2)cn1. The topological polar surface area (TPSA) is 111 Å². The van der Waals surface area contributed by atoms with Crippen molar-refractivity contribution in [2.75, 3.05) is 18.8 Å². The molecular formula is C33H32F2N4O4. The quantitative estimate of drug-likeness (QED) is 0.238. The number of anilines is 1. The van der Waals surface area contributed by atoms with Crippen LogP contribution in [-0.4, -0.2) is 46.8 Å². The van der Waals surface area contributed by atoms with E-state index in [-0.39, 0.29) is 50.4 Å². The lowest BCUT2D eigenvalue weighted by Gasteiger charge is -2.31. The minimum absolute atomic E-state index is 0.0474. The van der Waals surface area contributed by atoms with Gasteiger partial charge in [-0.1, -0.05) is 12.1 Å². The molecule has 0 bridgehead atoms. The first-order valence-electron chi connectivity index (χ1n) is 14.4. The number of nitrogens with zero attached hydrogens (tertiary/aromatic N) is 2. The molecule has 2 aromatic heterocycles. The van der Waals surface area contributed by atoms with Crippen LogP contribution in [0, 0.1) is 0 Å². The van der Waals surface area contributed by atoms with E-state index < -0.39 is 5.92 Å². The maximum Gasteiger partial charge on any atom is 0.253 e. The van der Waals surface area contributed by atoms with E-state index in [1.54, 1.807) is 36.5 Å². The summed E-state index contributed by atoms with van der Waals surface area (Å²) >= 11 is 0. The second-order valence-electron chi connectivity index (χ2n) is 11.1. The Hall–Kier alpha value is -4.73. The highest BCUT2D eigenvalue weighted by atomic mass is 19.3. The molecule has 0 unspecified atom stereocenters. The third-order valence-electron chi connectivity index (χ3n) is 7.90. The first kappa shape index (κ1) is 28.4. The van der Waals surface area contributed by atoms with Gasteiger partial charge in [0.2, 0.25) is 5.91 Å². The Morgan fingerprint density at radius 1 is 1.07 bits per heavy atom. The Morgan fingerprint density at radius 2 is 1.84 bits per heavy atom. The Bertz CT molecular complexity index is 1650. The second-order valence-corrected chi connectivity index (χ2v) is 11.1. The van der Waals surface area contributed by atoms with Crippen LogP contribution < -0.4 is 15.8 Å². The molecule has 0 atom stereocenters. The number of nitrogen functional groups attached to an aromatic ring is 1. The van der Waals surface area contributed by atoms with Gasteiger partial charge in [-0.15, -0.1) is 0 Å². The van der Waals surface area contributed by atoms with Crippen molar-refractivity contribution in [3.8, 4) is 16.9 Å². The molecule has 0 radical (unpaired) electrons. The fraction of sp³-hybridized carbons (Fsp3) is 0.303. The minimum atomic E-state index is -2.70. The average Bonchev–Trinajstić information content (AvgIpc) is 3.40. The molecule has 1 aliphatic carbocycles. The number of furan rings is 1. The molecule has 1 saturated heterocycles. The van der Waals surface area contributed by atoms with Crippen molar-refractivity contribution in [1.82, 2.24) is 15.2 Å². The van der Waals surface area contributed by atoms with Gasteiger partial charge in [0.15, 0.2) is 11.3 Å². The Kier molecular flexibility index (Phi) is 7.84. The van der Waals surface area contributed by atoms with Crippen molar-refractivity contribution >= 4 is 34.7 Å². The van der Waals surface area contributed by atoms with E-state index in [2.05, 4.69) is 10.3 Å². The fourth-order valence-electron chi connectivity index (χ4n) is 5.13. The molecule has 1 aliphatic heterocycles. The van der Waals surface area contributed by atoms with Crippen molar-refractivity contribution < 1.29 is 27.5 Å². The first-order valence-corrected chi connectivity index (χ1v) is 14.4. The van der Waals surface area contributed by atoms with Gasteiger partial charge < -0.3 is 25.1 Å². The van der Waals surface area contributed by atoms with Crippen LogP contribution in [0.15, 0.2) is 71.3 Å². The van der Waals surface area contributed by atoms with Gasteiger partial charge in [-0.2, -0.15) is 0 Å². The summed E-state index contributed by atoms with van der Waals surface area (Å²) in [6.45, 7) is 0.284. The van der Waals surface area contributed by atoms with Crippen LogP contribution in [0.25, 0.3) is 28.2 Å². The van der Waals surface area contributed by atoms with Gasteiger partial charge in [-0.25, -0.2) is 13.8 Å². The summed E-state index contributed by atoms with van der Waals surface area (Å²) < 4.78 is 39.5. The van der Waals surface area contributed by atoms with Crippen LogP contribution in [0.5, 0.6) is 5.75 Å². The summed E-state index contributed by atoms with van der Waals surface area (Å²) in [5.41, 5.74) is 9.19. The van der Waals surface area contributed by atoms with E-state index in [0.29, 0.717) is 28.5 Å². The average molecular weight is 587 g/mol. The third-order valence-corrected chi connectivity index (χ3v) is 7.90. The molecule has 8 nitrogen and oxygen atoms in total. The largest absolute Gasteiger partial charge is 0.486 e. The standard InChI is InChI=1S/C33H32F2N4O4/c34-33(35)12-14-39(15-13-33)32(41)23-8-6-22(7-9-23)24-16-25-17-27(43-31(25)28(18-24)42-26-2-1-3-26)20-38-30(40)11-5-21-4-10-29(36)37-19-21/h4-11,16-19,26H,1-3,12-15,20H2,(H2,36,37)(H,38,40)/b11-5+. The van der Waals surface area contributed by atoms with Crippen LogP contribution in [0.1, 0.15) is 53.8 Å². The summed E-state index contributed by atoms with van der Waals surface area (Å²) in [5, 5.41) is 3.66. The fourth-order valence-corrected chi connectivity index (χ4v) is 5.13. The zero-order valence-corrected chi connectivity index (χ0v) is 23.5. The number of benzene rings is 2. The van der Waals surface area contributed by atoms with Crippen molar-refractivity contribution in [2.45, 2.75) is 50.7 Å². The van der Waals surface area contributed by atoms with Crippen LogP contribution >= 0.6 is 0 Å². The zero-order chi connectivity index (χ0) is 30.0. The number of rotatable bonds is 8. The van der Waals surface area contributed by atoms with Gasteiger partial charge in [0.1, 0.15) is 11.6 Å². The van der Waals surface area contributed by atoms with E-state index >= 15 is 0 Å². The number of hydrogen-bond donors (Lipinski definition) is 2. The van der Waals surface area contributed by atoms with Crippen LogP contribution in [0.2, 0.25) is 0 Å². The summed E-state index contributed by atoms with van der Waals surface area (Å²) in [7, 11) is 0. The molecule has 10 heteroatoms. The molecule has 6 rings (SSSR count). The maximum absolute atomic E-state index is 13.5. The number of piperidine rings is 1. The van der Waals surface area contributed by atoms with E-state index in [4.69, 9.17) is 14.9 Å². The number of halogens is 2. The highest BCUT2D eigenvalue weighted by Gasteiger charge is 2.35. The Labute approximate surface area is 247 Å². The highest BCUT2D eigenvalue weighted by Crippen LogP contribution is 2.37. The number of alkyl halides is 2. The summed E-state index contributed by atoms with van der Waals surface area (Å²) in [6.07, 6.45) is 7.24. The predicted octanol–water partition coefficient (Wildman–Crippen LogP) is 6.21. The van der Waals surface area contributed by atoms with Crippen molar-refractivity contribution in [1.29, 1.82) is 0 Å². The predicted molar refractivity (Wildman–Crippen MR) is 160 cm³/mol. The van der Waals surface area contributed by atoms with E-state index in [0.717, 1.165) is 41.3 Å². The maximum atomic E-state index is 13.5. The number of fused-ring (bicyclic) bond motifs is 1. The number of carbonyl (C=O) groups is 2. The lowest BCUT2D eigenvalue weighted by Crippen LogP contribution is -2.42. The minimum Gasteiger partial charge on any atom is -0.486 e. The Morgan fingerprint density at radius 3 is 2.51 bits per heavy atom. The van der Waals surface area contributed by atoms with Gasteiger partial charge in [0, 0.05) is 49.2 Å². The monoisotopic (exact) mass is 586 g/mol.